The van der Waals surface area contributed by atoms with E-state index in [4.69, 9.17) is 8.83 Å². The molecule has 0 radical (unpaired) electrons. The van der Waals surface area contributed by atoms with E-state index in [-0.39, 0.29) is 0 Å². The summed E-state index contributed by atoms with van der Waals surface area (Å²) in [4.78, 5) is 2.45. The highest BCUT2D eigenvalue weighted by molar-refractivity contribution is 6.08. The minimum absolute atomic E-state index is 0.548. The summed E-state index contributed by atoms with van der Waals surface area (Å²) < 4.78 is 12.6. The van der Waals surface area contributed by atoms with Crippen LogP contribution in [0.25, 0.3) is 77.3 Å². The van der Waals surface area contributed by atoms with Crippen LogP contribution in [0.15, 0.2) is 245 Å². The molecule has 0 atom stereocenters. The molecule has 12 aromatic rings. The third kappa shape index (κ3) is 5.47. The first-order valence-electron chi connectivity index (χ1n) is 21.9. The molecule has 0 saturated heterocycles. The normalized spacial score (nSPS) is 12.8. The van der Waals surface area contributed by atoms with E-state index in [0.717, 1.165) is 83.2 Å². The number of nitrogens with zero attached hydrogens (tertiary/aromatic N) is 1. The van der Waals surface area contributed by atoms with E-state index in [1.165, 1.54) is 33.4 Å². The average molecular weight is 818 g/mol. The first-order valence-corrected chi connectivity index (χ1v) is 21.9. The van der Waals surface area contributed by atoms with Gasteiger partial charge in [-0.15, -0.1) is 0 Å². The Labute approximate surface area is 370 Å². The summed E-state index contributed by atoms with van der Waals surface area (Å²) in [6.07, 6.45) is 0. The maximum atomic E-state index is 6.31. The minimum atomic E-state index is -0.548. The van der Waals surface area contributed by atoms with Gasteiger partial charge in [-0.3, -0.25) is 0 Å². The third-order valence-electron chi connectivity index (χ3n) is 13.3. The lowest BCUT2D eigenvalue weighted by Gasteiger charge is -2.35. The molecule has 0 aliphatic heterocycles. The van der Waals surface area contributed by atoms with Gasteiger partial charge in [-0.25, -0.2) is 0 Å². The Morgan fingerprint density at radius 2 is 0.812 bits per heavy atom. The fraction of sp³-hybridized carbons (Fsp3) is 0.0164. The molecule has 0 spiro atoms. The van der Waals surface area contributed by atoms with Crippen LogP contribution in [-0.2, 0) is 5.41 Å². The quantitative estimate of drug-likeness (QED) is 0.160. The van der Waals surface area contributed by atoms with E-state index in [1.54, 1.807) is 0 Å². The molecule has 0 unspecified atom stereocenters. The lowest BCUT2D eigenvalue weighted by molar-refractivity contribution is 0.668. The zero-order valence-corrected chi connectivity index (χ0v) is 34.8. The summed E-state index contributed by atoms with van der Waals surface area (Å²) in [5.74, 6) is 0. The Balaban J connectivity index is 1.06. The van der Waals surface area contributed by atoms with Crippen LogP contribution < -0.4 is 4.90 Å². The lowest BCUT2D eigenvalue weighted by Crippen LogP contribution is -2.28. The number of para-hydroxylation sites is 3. The number of hydrogen-bond acceptors (Lipinski definition) is 3. The van der Waals surface area contributed by atoms with Crippen LogP contribution in [0.3, 0.4) is 0 Å². The molecule has 0 N–H and O–H groups in total. The summed E-state index contributed by atoms with van der Waals surface area (Å²) in [6, 6.07) is 85.6. The highest BCUT2D eigenvalue weighted by Gasteiger charge is 2.46. The summed E-state index contributed by atoms with van der Waals surface area (Å²) in [6.45, 7) is 0. The van der Waals surface area contributed by atoms with Crippen LogP contribution in [0.5, 0.6) is 0 Å². The van der Waals surface area contributed by atoms with Crippen molar-refractivity contribution in [1.29, 1.82) is 0 Å². The Hall–Kier alpha value is -8.40. The number of furan rings is 2. The van der Waals surface area contributed by atoms with Crippen molar-refractivity contribution >= 4 is 60.9 Å². The first-order chi connectivity index (χ1) is 31.7. The maximum Gasteiger partial charge on any atom is 0.135 e. The largest absolute Gasteiger partial charge is 0.456 e. The van der Waals surface area contributed by atoms with Crippen molar-refractivity contribution in [2.45, 2.75) is 5.41 Å². The highest BCUT2D eigenvalue weighted by atomic mass is 16.3. The lowest BCUT2D eigenvalue weighted by atomic mass is 9.67. The molecule has 0 saturated carbocycles. The SMILES string of the molecule is c1ccc(C2(c3ccccc3)c3ccccc3-c3ccc(N(c4cccc(-c5ccc6oc7ccccc7c6c5)c4)c4ccccc4-c4ccc5oc6ccccc6c5c4)cc32)cc1. The van der Waals surface area contributed by atoms with E-state index in [1.807, 2.05) is 24.3 Å². The zero-order valence-electron chi connectivity index (χ0n) is 34.8. The summed E-state index contributed by atoms with van der Waals surface area (Å²) in [5, 5.41) is 4.44. The van der Waals surface area contributed by atoms with Gasteiger partial charge in [0.2, 0.25) is 0 Å². The summed E-state index contributed by atoms with van der Waals surface area (Å²) >= 11 is 0. The van der Waals surface area contributed by atoms with Gasteiger partial charge in [0.1, 0.15) is 22.3 Å². The number of benzene rings is 10. The van der Waals surface area contributed by atoms with Gasteiger partial charge in [0, 0.05) is 38.5 Å². The molecule has 3 heteroatoms. The Morgan fingerprint density at radius 1 is 0.297 bits per heavy atom. The third-order valence-corrected chi connectivity index (χ3v) is 13.3. The molecular formula is C61H39NO2. The molecular weight excluding hydrogens is 779 g/mol. The van der Waals surface area contributed by atoms with Crippen molar-refractivity contribution in [3.05, 3.63) is 259 Å². The zero-order chi connectivity index (χ0) is 42.2. The van der Waals surface area contributed by atoms with E-state index >= 15 is 0 Å². The minimum Gasteiger partial charge on any atom is -0.456 e. The Kier molecular flexibility index (Phi) is 8.13. The van der Waals surface area contributed by atoms with E-state index in [0.29, 0.717) is 0 Å². The van der Waals surface area contributed by atoms with Gasteiger partial charge in [0.25, 0.3) is 0 Å². The van der Waals surface area contributed by atoms with Gasteiger partial charge in [0.05, 0.1) is 11.1 Å². The molecule has 300 valence electrons. The predicted molar refractivity (Wildman–Crippen MR) is 264 cm³/mol. The molecule has 0 bridgehead atoms. The second-order valence-electron chi connectivity index (χ2n) is 16.8. The van der Waals surface area contributed by atoms with Crippen molar-refractivity contribution in [2.24, 2.45) is 0 Å². The molecule has 3 nitrogen and oxygen atoms in total. The van der Waals surface area contributed by atoms with Crippen LogP contribution in [0.1, 0.15) is 22.3 Å². The Bertz CT molecular complexity index is 3710. The van der Waals surface area contributed by atoms with Crippen molar-refractivity contribution in [3.63, 3.8) is 0 Å². The fourth-order valence-corrected chi connectivity index (χ4v) is 10.5. The number of hydrogen-bond donors (Lipinski definition) is 0. The number of rotatable bonds is 7. The second kappa shape index (κ2) is 14.3. The molecule has 1 aliphatic rings. The number of fused-ring (bicyclic) bond motifs is 9. The molecule has 0 amide bonds. The van der Waals surface area contributed by atoms with Gasteiger partial charge in [-0.05, 0) is 117 Å². The monoisotopic (exact) mass is 817 g/mol. The van der Waals surface area contributed by atoms with Crippen molar-refractivity contribution < 1.29 is 8.83 Å². The van der Waals surface area contributed by atoms with Gasteiger partial charge >= 0.3 is 0 Å². The molecule has 1 aliphatic carbocycles. The highest BCUT2D eigenvalue weighted by Crippen LogP contribution is 2.57. The fourth-order valence-electron chi connectivity index (χ4n) is 10.5. The smallest absolute Gasteiger partial charge is 0.135 e. The van der Waals surface area contributed by atoms with Crippen molar-refractivity contribution in [3.8, 4) is 33.4 Å². The van der Waals surface area contributed by atoms with E-state index < -0.39 is 5.41 Å². The molecule has 0 fully saturated rings. The van der Waals surface area contributed by atoms with Crippen molar-refractivity contribution in [1.82, 2.24) is 0 Å². The van der Waals surface area contributed by atoms with Gasteiger partial charge in [-0.1, -0.05) is 170 Å². The molecule has 13 rings (SSSR count). The second-order valence-corrected chi connectivity index (χ2v) is 16.8. The molecule has 10 aromatic carbocycles. The first kappa shape index (κ1) is 36.3. The van der Waals surface area contributed by atoms with Crippen LogP contribution in [0.2, 0.25) is 0 Å². The average Bonchev–Trinajstić information content (AvgIpc) is 4.03. The Morgan fingerprint density at radius 3 is 1.52 bits per heavy atom. The van der Waals surface area contributed by atoms with E-state index in [2.05, 4.69) is 217 Å². The van der Waals surface area contributed by atoms with E-state index in [9.17, 15) is 0 Å². The molecule has 2 aromatic heterocycles. The van der Waals surface area contributed by atoms with Crippen molar-refractivity contribution in [2.75, 3.05) is 4.90 Å². The topological polar surface area (TPSA) is 29.5 Å². The number of anilines is 3. The standard InChI is InChI=1S/C61H39NO2/c1-3-17-43(18-4-1)61(44-19-5-2-6-20-44)54-26-11-7-23-48(54)49-33-32-46(39-55(49)61)62(45-21-15-16-40(36-45)41-30-34-59-52(37-41)50-24-9-13-28-57(50)63-59)56-27-12-8-22-47(56)42-31-35-60-53(38-42)51-25-10-14-29-58(51)64-60/h1-39H. The molecule has 2 heterocycles. The van der Waals surface area contributed by atoms with Crippen LogP contribution in [0.4, 0.5) is 17.1 Å². The summed E-state index contributed by atoms with van der Waals surface area (Å²) in [7, 11) is 0. The van der Waals surface area contributed by atoms with Gasteiger partial charge < -0.3 is 13.7 Å². The van der Waals surface area contributed by atoms with Gasteiger partial charge in [0.15, 0.2) is 0 Å². The van der Waals surface area contributed by atoms with Crippen LogP contribution in [-0.4, -0.2) is 0 Å². The van der Waals surface area contributed by atoms with Crippen LogP contribution in [0, 0.1) is 0 Å². The molecule has 64 heavy (non-hydrogen) atoms. The summed E-state index contributed by atoms with van der Waals surface area (Å²) in [5.41, 5.74) is 18.2. The van der Waals surface area contributed by atoms with Crippen LogP contribution >= 0.6 is 0 Å². The predicted octanol–water partition coefficient (Wildman–Crippen LogP) is 16.7. The van der Waals surface area contributed by atoms with Gasteiger partial charge in [-0.2, -0.15) is 0 Å². The maximum absolute atomic E-state index is 6.31.